The number of ether oxygens (including phenoxy) is 2. The Morgan fingerprint density at radius 2 is 1.83 bits per heavy atom. The Balaban J connectivity index is 1.40. The molecule has 1 aromatic rings. The van der Waals surface area contributed by atoms with Crippen LogP contribution in [-0.2, 0) is 11.2 Å². The van der Waals surface area contributed by atoms with Crippen molar-refractivity contribution in [2.45, 2.75) is 51.4 Å². The van der Waals surface area contributed by atoms with Crippen LogP contribution in [0.5, 0.6) is 11.5 Å². The van der Waals surface area contributed by atoms with E-state index in [-0.39, 0.29) is 5.92 Å². The van der Waals surface area contributed by atoms with E-state index in [9.17, 15) is 4.79 Å². The van der Waals surface area contributed by atoms with Crippen molar-refractivity contribution in [2.24, 2.45) is 5.92 Å². The lowest BCUT2D eigenvalue weighted by Crippen LogP contribution is -2.10. The van der Waals surface area contributed by atoms with E-state index in [4.69, 9.17) is 9.47 Å². The summed E-state index contributed by atoms with van der Waals surface area (Å²) in [7, 11) is 0. The van der Waals surface area contributed by atoms with Crippen molar-refractivity contribution in [3.8, 4) is 11.5 Å². The summed E-state index contributed by atoms with van der Waals surface area (Å²) in [6.45, 7) is 0.318. The molecule has 1 aliphatic heterocycles. The molecule has 1 aromatic carbocycles. The maximum absolute atomic E-state index is 12.2. The van der Waals surface area contributed by atoms with Crippen LogP contribution in [0.15, 0.2) is 42.5 Å². The van der Waals surface area contributed by atoms with E-state index in [0.717, 1.165) is 37.2 Å². The highest BCUT2D eigenvalue weighted by molar-refractivity contribution is 5.91. The molecule has 1 aliphatic carbocycles. The number of rotatable bonds is 6. The molecule has 0 bridgehead atoms. The van der Waals surface area contributed by atoms with Gasteiger partial charge in [-0.25, -0.2) is 0 Å². The molecule has 0 spiro atoms. The minimum Gasteiger partial charge on any atom is -0.454 e. The molecular formula is C21H26O3. The molecule has 0 amide bonds. The summed E-state index contributed by atoms with van der Waals surface area (Å²) in [5, 5.41) is 0. The van der Waals surface area contributed by atoms with Crippen molar-refractivity contribution >= 4 is 5.78 Å². The van der Waals surface area contributed by atoms with E-state index in [1.165, 1.54) is 31.2 Å². The lowest BCUT2D eigenvalue weighted by Gasteiger charge is -2.08. The number of ketones is 1. The van der Waals surface area contributed by atoms with Crippen molar-refractivity contribution in [2.75, 3.05) is 6.79 Å². The van der Waals surface area contributed by atoms with E-state index < -0.39 is 0 Å². The molecule has 0 N–H and O–H groups in total. The fourth-order valence-electron chi connectivity index (χ4n) is 3.37. The normalized spacial score (nSPS) is 18.3. The fourth-order valence-corrected chi connectivity index (χ4v) is 3.37. The number of benzene rings is 1. The molecule has 0 atom stereocenters. The Morgan fingerprint density at radius 1 is 1.04 bits per heavy atom. The molecule has 3 heteroatoms. The quantitative estimate of drug-likeness (QED) is 0.419. The van der Waals surface area contributed by atoms with E-state index in [0.29, 0.717) is 12.6 Å². The summed E-state index contributed by atoms with van der Waals surface area (Å²) in [6.07, 6.45) is 16.8. The highest BCUT2D eigenvalue weighted by Gasteiger charge is 2.17. The monoisotopic (exact) mass is 326 g/mol. The minimum atomic E-state index is 0.255. The Bertz CT molecular complexity index is 608. The van der Waals surface area contributed by atoms with Crippen molar-refractivity contribution in [3.63, 3.8) is 0 Å². The first-order chi connectivity index (χ1) is 11.8. The van der Waals surface area contributed by atoms with E-state index in [2.05, 4.69) is 12.1 Å². The van der Waals surface area contributed by atoms with Gasteiger partial charge in [-0.3, -0.25) is 4.79 Å². The van der Waals surface area contributed by atoms with Gasteiger partial charge < -0.3 is 9.47 Å². The molecule has 1 saturated carbocycles. The van der Waals surface area contributed by atoms with Crippen LogP contribution < -0.4 is 9.47 Å². The van der Waals surface area contributed by atoms with Crippen LogP contribution in [0.25, 0.3) is 0 Å². The van der Waals surface area contributed by atoms with Crippen LogP contribution in [0.3, 0.4) is 0 Å². The van der Waals surface area contributed by atoms with Crippen molar-refractivity contribution in [1.82, 2.24) is 0 Å². The smallest absolute Gasteiger partial charge is 0.231 e. The first-order valence-corrected chi connectivity index (χ1v) is 9.08. The summed E-state index contributed by atoms with van der Waals surface area (Å²) >= 11 is 0. The number of carbonyl (C=O) groups is 1. The summed E-state index contributed by atoms with van der Waals surface area (Å²) < 4.78 is 10.7. The van der Waals surface area contributed by atoms with Gasteiger partial charge in [0, 0.05) is 5.92 Å². The lowest BCUT2D eigenvalue weighted by atomic mass is 9.95. The molecular weight excluding hydrogens is 300 g/mol. The van der Waals surface area contributed by atoms with Crippen LogP contribution in [0, 0.1) is 5.92 Å². The van der Waals surface area contributed by atoms with Crippen LogP contribution in [0.2, 0.25) is 0 Å². The molecule has 0 unspecified atom stereocenters. The van der Waals surface area contributed by atoms with Gasteiger partial charge in [-0.15, -0.1) is 0 Å². The highest BCUT2D eigenvalue weighted by atomic mass is 16.7. The minimum absolute atomic E-state index is 0.255. The van der Waals surface area contributed by atoms with Gasteiger partial charge >= 0.3 is 0 Å². The Hall–Kier alpha value is -2.03. The van der Waals surface area contributed by atoms with Gasteiger partial charge in [0.15, 0.2) is 17.3 Å². The predicted octanol–water partition coefficient (Wildman–Crippen LogP) is 5.00. The van der Waals surface area contributed by atoms with Gasteiger partial charge in [0.1, 0.15) is 0 Å². The third-order valence-corrected chi connectivity index (χ3v) is 4.80. The molecule has 1 heterocycles. The maximum Gasteiger partial charge on any atom is 0.231 e. The number of aryl methyl sites for hydroxylation is 1. The van der Waals surface area contributed by atoms with Gasteiger partial charge in [0.05, 0.1) is 0 Å². The summed E-state index contributed by atoms with van der Waals surface area (Å²) in [5.41, 5.74) is 1.24. The standard InChI is InChI=1S/C21H26O3/c22-19(18-10-6-2-3-7-11-18)12-8-4-1-5-9-17-13-14-20-21(15-17)24-16-23-20/h1,4,8,12-15,18H,2-3,5-7,9-11,16H2. The molecule has 3 nitrogen and oxygen atoms in total. The van der Waals surface area contributed by atoms with Crippen LogP contribution in [-0.4, -0.2) is 12.6 Å². The fraction of sp³-hybridized carbons (Fsp3) is 0.476. The molecule has 2 aliphatic rings. The van der Waals surface area contributed by atoms with Gasteiger partial charge in [0.25, 0.3) is 0 Å². The van der Waals surface area contributed by atoms with Gasteiger partial charge in [0.2, 0.25) is 6.79 Å². The van der Waals surface area contributed by atoms with Crippen LogP contribution in [0.4, 0.5) is 0 Å². The third-order valence-electron chi connectivity index (χ3n) is 4.80. The van der Waals surface area contributed by atoms with E-state index >= 15 is 0 Å². The second kappa shape index (κ2) is 8.72. The van der Waals surface area contributed by atoms with Crippen LogP contribution >= 0.6 is 0 Å². The average Bonchev–Trinajstić information content (AvgIpc) is 2.89. The Labute approximate surface area is 144 Å². The molecule has 0 aromatic heterocycles. The van der Waals surface area contributed by atoms with Gasteiger partial charge in [-0.1, -0.05) is 50.0 Å². The van der Waals surface area contributed by atoms with Crippen molar-refractivity contribution in [1.29, 1.82) is 0 Å². The second-order valence-electron chi connectivity index (χ2n) is 6.60. The van der Waals surface area contributed by atoms with E-state index in [1.54, 1.807) is 6.08 Å². The SMILES string of the molecule is O=C(C=CC=CCCc1ccc2c(c1)OCO2)C1CCCCCC1. The van der Waals surface area contributed by atoms with Gasteiger partial charge in [-0.2, -0.15) is 0 Å². The number of fused-ring (bicyclic) bond motifs is 1. The zero-order chi connectivity index (χ0) is 16.6. The summed E-state index contributed by atoms with van der Waals surface area (Å²) in [6, 6.07) is 6.08. The molecule has 3 rings (SSSR count). The number of carbonyl (C=O) groups excluding carboxylic acids is 1. The largest absolute Gasteiger partial charge is 0.454 e. The average molecular weight is 326 g/mol. The van der Waals surface area contributed by atoms with Crippen LogP contribution in [0.1, 0.15) is 50.5 Å². The molecule has 1 fully saturated rings. The van der Waals surface area contributed by atoms with Gasteiger partial charge in [-0.05, 0) is 49.5 Å². The third kappa shape index (κ3) is 4.73. The first kappa shape index (κ1) is 16.8. The summed E-state index contributed by atoms with van der Waals surface area (Å²) in [5.74, 6) is 2.22. The number of hydrogen-bond donors (Lipinski definition) is 0. The zero-order valence-corrected chi connectivity index (χ0v) is 14.2. The molecule has 24 heavy (non-hydrogen) atoms. The second-order valence-corrected chi connectivity index (χ2v) is 6.60. The number of allylic oxidation sites excluding steroid dienone is 4. The Kier molecular flexibility index (Phi) is 6.11. The first-order valence-electron chi connectivity index (χ1n) is 9.08. The highest BCUT2D eigenvalue weighted by Crippen LogP contribution is 2.32. The summed E-state index contributed by atoms with van der Waals surface area (Å²) in [4.78, 5) is 12.2. The van der Waals surface area contributed by atoms with E-state index in [1.807, 2.05) is 24.3 Å². The lowest BCUT2D eigenvalue weighted by molar-refractivity contribution is -0.118. The molecule has 128 valence electrons. The topological polar surface area (TPSA) is 35.5 Å². The zero-order valence-electron chi connectivity index (χ0n) is 14.2. The maximum atomic E-state index is 12.2. The Morgan fingerprint density at radius 3 is 2.67 bits per heavy atom. The molecule has 0 saturated heterocycles. The van der Waals surface area contributed by atoms with Crippen molar-refractivity contribution in [3.05, 3.63) is 48.1 Å². The molecule has 0 radical (unpaired) electrons. The predicted molar refractivity (Wildman–Crippen MR) is 95.4 cm³/mol. The number of hydrogen-bond acceptors (Lipinski definition) is 3. The van der Waals surface area contributed by atoms with Crippen molar-refractivity contribution < 1.29 is 14.3 Å².